The number of hydrogen-bond acceptors (Lipinski definition) is 4. The molecular weight excluding hydrogens is 382 g/mol. The van der Waals surface area contributed by atoms with Crippen molar-refractivity contribution in [1.29, 1.82) is 0 Å². The third-order valence-electron chi connectivity index (χ3n) is 3.59. The molecule has 1 saturated heterocycles. The van der Waals surface area contributed by atoms with E-state index in [-0.39, 0.29) is 6.61 Å². The molecule has 1 fully saturated rings. The third kappa shape index (κ3) is 4.38. The molecule has 2 N–H and O–H groups in total. The fourth-order valence-corrected chi connectivity index (χ4v) is 2.78. The van der Waals surface area contributed by atoms with Crippen molar-refractivity contribution in [2.45, 2.75) is 12.2 Å². The number of β-amino-alcohol motifs (C(OH)–C–C–N with tert-alkyl or cyclic N) is 1. The van der Waals surface area contributed by atoms with Crippen LogP contribution < -0.4 is 14.8 Å². The highest BCUT2D eigenvalue weighted by Crippen LogP contribution is 2.32. The highest BCUT2D eigenvalue weighted by molar-refractivity contribution is 9.10. The van der Waals surface area contributed by atoms with E-state index in [0.29, 0.717) is 36.2 Å². The summed E-state index contributed by atoms with van der Waals surface area (Å²) in [5.41, 5.74) is 0.181. The van der Waals surface area contributed by atoms with Gasteiger partial charge >= 0.3 is 0 Å². The Labute approximate surface area is 148 Å². The molecule has 0 bridgehead atoms. The van der Waals surface area contributed by atoms with Gasteiger partial charge in [0.05, 0.1) is 0 Å². The van der Waals surface area contributed by atoms with Crippen molar-refractivity contribution in [3.63, 3.8) is 0 Å². The van der Waals surface area contributed by atoms with E-state index >= 15 is 0 Å². The maximum Gasteiger partial charge on any atom is 0.162 e. The average Bonchev–Trinajstić information content (AvgIpc) is 2.50. The van der Waals surface area contributed by atoms with E-state index in [2.05, 4.69) is 21.2 Å². The Morgan fingerprint density at radius 2 is 1.96 bits per heavy atom. The Morgan fingerprint density at radius 1 is 1.13 bits per heavy atom. The van der Waals surface area contributed by atoms with Gasteiger partial charge in [0.1, 0.15) is 18.8 Å². The van der Waals surface area contributed by atoms with Gasteiger partial charge in [0.15, 0.2) is 11.5 Å². The van der Waals surface area contributed by atoms with Crippen LogP contribution in [0.3, 0.4) is 0 Å². The molecule has 1 aliphatic rings. The fraction of sp³-hybridized carbons (Fsp3) is 0.294. The number of halogens is 2. The Hall–Kier alpha value is -1.27. The van der Waals surface area contributed by atoms with Crippen LogP contribution in [0.5, 0.6) is 11.5 Å². The SMILES string of the molecule is OC1(COc2cc(Br)ccc2OCc2cccc(Cl)c2)CNC1. The lowest BCUT2D eigenvalue weighted by Gasteiger charge is -2.37. The van der Waals surface area contributed by atoms with Crippen molar-refractivity contribution in [2.75, 3.05) is 19.7 Å². The minimum absolute atomic E-state index is 0.226. The predicted molar refractivity (Wildman–Crippen MR) is 93.2 cm³/mol. The van der Waals surface area contributed by atoms with Crippen LogP contribution in [0.1, 0.15) is 5.56 Å². The smallest absolute Gasteiger partial charge is 0.162 e. The molecule has 1 heterocycles. The molecule has 23 heavy (non-hydrogen) atoms. The Balaban J connectivity index is 1.68. The van der Waals surface area contributed by atoms with Crippen LogP contribution in [0.2, 0.25) is 5.02 Å². The van der Waals surface area contributed by atoms with E-state index in [1.165, 1.54) is 0 Å². The van der Waals surface area contributed by atoms with Gasteiger partial charge in [-0.15, -0.1) is 0 Å². The van der Waals surface area contributed by atoms with Gasteiger partial charge in [-0.2, -0.15) is 0 Å². The van der Waals surface area contributed by atoms with Crippen LogP contribution in [0.15, 0.2) is 46.9 Å². The molecule has 0 amide bonds. The highest BCUT2D eigenvalue weighted by atomic mass is 79.9. The molecule has 2 aromatic carbocycles. The second-order valence-electron chi connectivity index (χ2n) is 5.63. The minimum atomic E-state index is -0.799. The van der Waals surface area contributed by atoms with Crippen molar-refractivity contribution < 1.29 is 14.6 Å². The van der Waals surface area contributed by atoms with Crippen molar-refractivity contribution in [3.05, 3.63) is 57.5 Å². The number of nitrogens with one attached hydrogen (secondary N) is 1. The molecule has 0 radical (unpaired) electrons. The summed E-state index contributed by atoms with van der Waals surface area (Å²) in [6.45, 7) is 1.70. The lowest BCUT2D eigenvalue weighted by molar-refractivity contribution is -0.0461. The molecule has 0 aliphatic carbocycles. The zero-order chi connectivity index (χ0) is 16.3. The van der Waals surface area contributed by atoms with Crippen molar-refractivity contribution >= 4 is 27.5 Å². The van der Waals surface area contributed by atoms with Crippen molar-refractivity contribution in [2.24, 2.45) is 0 Å². The molecule has 0 aromatic heterocycles. The summed E-state index contributed by atoms with van der Waals surface area (Å²) in [5.74, 6) is 1.23. The molecule has 4 nitrogen and oxygen atoms in total. The fourth-order valence-electron chi connectivity index (χ4n) is 2.23. The second-order valence-corrected chi connectivity index (χ2v) is 6.98. The first-order chi connectivity index (χ1) is 11.0. The number of benzene rings is 2. The summed E-state index contributed by atoms with van der Waals surface area (Å²) < 4.78 is 12.5. The highest BCUT2D eigenvalue weighted by Gasteiger charge is 2.35. The van der Waals surface area contributed by atoms with Crippen LogP contribution in [0.4, 0.5) is 0 Å². The molecule has 2 aromatic rings. The van der Waals surface area contributed by atoms with E-state index in [1.54, 1.807) is 0 Å². The van der Waals surface area contributed by atoms with Crippen LogP contribution in [0.25, 0.3) is 0 Å². The molecule has 0 unspecified atom stereocenters. The standard InChI is InChI=1S/C17H17BrClNO3/c18-13-4-5-15(22-8-12-2-1-3-14(19)6-12)16(7-13)23-11-17(21)9-20-10-17/h1-7,20-21H,8-11H2. The van der Waals surface area contributed by atoms with Gasteiger partial charge in [0.2, 0.25) is 0 Å². The number of ether oxygens (including phenoxy) is 2. The van der Waals surface area contributed by atoms with Crippen LogP contribution in [-0.2, 0) is 6.61 Å². The lowest BCUT2D eigenvalue weighted by Crippen LogP contribution is -2.62. The molecular formula is C17H17BrClNO3. The molecule has 0 atom stereocenters. The van der Waals surface area contributed by atoms with E-state index in [4.69, 9.17) is 21.1 Å². The van der Waals surface area contributed by atoms with Gasteiger partial charge in [-0.25, -0.2) is 0 Å². The van der Waals surface area contributed by atoms with Gasteiger partial charge in [-0.3, -0.25) is 0 Å². The maximum atomic E-state index is 10.1. The van der Waals surface area contributed by atoms with Crippen LogP contribution >= 0.6 is 27.5 Å². The first-order valence-corrected chi connectivity index (χ1v) is 8.44. The zero-order valence-electron chi connectivity index (χ0n) is 12.4. The Morgan fingerprint density at radius 3 is 2.65 bits per heavy atom. The summed E-state index contributed by atoms with van der Waals surface area (Å²) in [7, 11) is 0. The summed E-state index contributed by atoms with van der Waals surface area (Å²) in [5, 5.41) is 13.8. The number of hydrogen-bond donors (Lipinski definition) is 2. The first kappa shape index (κ1) is 16.6. The number of rotatable bonds is 6. The molecule has 0 spiro atoms. The van der Waals surface area contributed by atoms with Crippen molar-refractivity contribution in [1.82, 2.24) is 5.32 Å². The molecule has 0 saturated carbocycles. The first-order valence-electron chi connectivity index (χ1n) is 7.27. The molecule has 122 valence electrons. The average molecular weight is 399 g/mol. The maximum absolute atomic E-state index is 10.1. The summed E-state index contributed by atoms with van der Waals surface area (Å²) in [4.78, 5) is 0. The monoisotopic (exact) mass is 397 g/mol. The third-order valence-corrected chi connectivity index (χ3v) is 4.32. The van der Waals surface area contributed by atoms with Gasteiger partial charge in [0, 0.05) is 22.6 Å². The van der Waals surface area contributed by atoms with Gasteiger partial charge in [-0.05, 0) is 35.9 Å². The number of aliphatic hydroxyl groups is 1. The quantitative estimate of drug-likeness (QED) is 0.783. The van der Waals surface area contributed by atoms with E-state index < -0.39 is 5.60 Å². The second kappa shape index (κ2) is 7.09. The van der Waals surface area contributed by atoms with Crippen LogP contribution in [-0.4, -0.2) is 30.4 Å². The zero-order valence-corrected chi connectivity index (χ0v) is 14.7. The van der Waals surface area contributed by atoms with Gasteiger partial charge in [0.25, 0.3) is 0 Å². The molecule has 6 heteroatoms. The van der Waals surface area contributed by atoms with E-state index in [0.717, 1.165) is 10.0 Å². The van der Waals surface area contributed by atoms with E-state index in [9.17, 15) is 5.11 Å². The topological polar surface area (TPSA) is 50.7 Å². The van der Waals surface area contributed by atoms with Crippen LogP contribution in [0, 0.1) is 0 Å². The summed E-state index contributed by atoms with van der Waals surface area (Å²) >= 11 is 9.41. The summed E-state index contributed by atoms with van der Waals surface area (Å²) in [6, 6.07) is 13.1. The van der Waals surface area contributed by atoms with E-state index in [1.807, 2.05) is 42.5 Å². The largest absolute Gasteiger partial charge is 0.487 e. The Bertz CT molecular complexity index is 691. The van der Waals surface area contributed by atoms with Gasteiger partial charge < -0.3 is 19.9 Å². The lowest BCUT2D eigenvalue weighted by atomic mass is 9.99. The van der Waals surface area contributed by atoms with Crippen molar-refractivity contribution in [3.8, 4) is 11.5 Å². The Kier molecular flexibility index (Phi) is 5.11. The predicted octanol–water partition coefficient (Wildman–Crippen LogP) is 3.39. The van der Waals surface area contributed by atoms with Gasteiger partial charge in [-0.1, -0.05) is 39.7 Å². The summed E-state index contributed by atoms with van der Waals surface area (Å²) in [6.07, 6.45) is 0. The molecule has 3 rings (SSSR count). The minimum Gasteiger partial charge on any atom is -0.487 e. The molecule has 1 aliphatic heterocycles. The normalized spacial score (nSPS) is 15.8.